The molecule has 156 valence electrons. The van der Waals surface area contributed by atoms with Crippen LogP contribution in [0.4, 0.5) is 0 Å². The Morgan fingerprint density at radius 1 is 0.821 bits per heavy atom. The van der Waals surface area contributed by atoms with Crippen molar-refractivity contribution in [3.8, 4) is 0 Å². The zero-order valence-electron chi connectivity index (χ0n) is 16.4. The Balaban J connectivity index is 4.06. The van der Waals surface area contributed by atoms with Crippen LogP contribution in [0.15, 0.2) is 48.6 Å². The molecule has 0 bridgehead atoms. The van der Waals surface area contributed by atoms with Crippen LogP contribution in [-0.4, -0.2) is 26.6 Å². The summed E-state index contributed by atoms with van der Waals surface area (Å²) in [7, 11) is 0. The van der Waals surface area contributed by atoms with Gasteiger partial charge in [-0.3, -0.25) is 20.2 Å². The van der Waals surface area contributed by atoms with Gasteiger partial charge in [-0.1, -0.05) is 68.4 Å². The molecule has 0 spiro atoms. The number of aliphatic carboxylic acids is 1. The number of hydrogen-bond acceptors (Lipinski definition) is 5. The normalized spacial score (nSPS) is 12.6. The Labute approximate surface area is 165 Å². The number of unbranched alkanes of at least 4 members (excludes halogenated alkanes) is 3. The standard InChI is InChI=1S/C20H30N2O6/c1-2-3-4-5-6-7-8-9-10-11-12-13-14-15-16-17-18-20(19(23)24,21(25)26)22(27)28/h6-7,9-10,12-13,15-16H,2-5,8,11,14,17-18H2,1H3,(H,23,24)/b7-6-,10-9-,13-12-,16-15-. The first kappa shape index (κ1) is 25.2. The van der Waals surface area contributed by atoms with E-state index in [-0.39, 0.29) is 6.42 Å². The number of nitro groups is 2. The fourth-order valence-corrected chi connectivity index (χ4v) is 2.36. The zero-order valence-corrected chi connectivity index (χ0v) is 16.4. The van der Waals surface area contributed by atoms with Crippen molar-refractivity contribution in [3.05, 3.63) is 68.8 Å². The highest BCUT2D eigenvalue weighted by Crippen LogP contribution is 2.19. The fourth-order valence-electron chi connectivity index (χ4n) is 2.36. The topological polar surface area (TPSA) is 124 Å². The Bertz CT molecular complexity index is 572. The predicted octanol–water partition coefficient (Wildman–Crippen LogP) is 5.08. The summed E-state index contributed by atoms with van der Waals surface area (Å²) in [6, 6.07) is 0. The number of carboxylic acids is 1. The van der Waals surface area contributed by atoms with Crippen LogP contribution in [0.25, 0.3) is 0 Å². The van der Waals surface area contributed by atoms with E-state index in [0.717, 1.165) is 19.3 Å². The van der Waals surface area contributed by atoms with Crippen molar-refractivity contribution in [1.29, 1.82) is 0 Å². The highest BCUT2D eigenvalue weighted by atomic mass is 16.7. The molecule has 8 nitrogen and oxygen atoms in total. The van der Waals surface area contributed by atoms with Gasteiger partial charge < -0.3 is 5.11 Å². The van der Waals surface area contributed by atoms with Crippen LogP contribution in [0.1, 0.15) is 64.7 Å². The zero-order chi connectivity index (χ0) is 21.3. The molecule has 0 atom stereocenters. The molecular formula is C20H30N2O6. The molecule has 0 heterocycles. The van der Waals surface area contributed by atoms with Gasteiger partial charge in [0, 0.05) is 0 Å². The molecule has 0 aromatic carbocycles. The first-order valence-electron chi connectivity index (χ1n) is 9.52. The average molecular weight is 394 g/mol. The van der Waals surface area contributed by atoms with E-state index in [2.05, 4.69) is 31.2 Å². The second-order valence-electron chi connectivity index (χ2n) is 6.26. The van der Waals surface area contributed by atoms with Gasteiger partial charge in [-0.05, 0) is 38.5 Å². The van der Waals surface area contributed by atoms with Gasteiger partial charge in [-0.2, -0.15) is 0 Å². The minimum atomic E-state index is -3.19. The van der Waals surface area contributed by atoms with Gasteiger partial charge in [-0.25, -0.2) is 4.79 Å². The van der Waals surface area contributed by atoms with Crippen LogP contribution >= 0.6 is 0 Å². The van der Waals surface area contributed by atoms with Crippen LogP contribution in [0.3, 0.4) is 0 Å². The molecule has 0 aliphatic rings. The van der Waals surface area contributed by atoms with Crippen molar-refractivity contribution >= 4 is 5.97 Å². The minimum Gasteiger partial charge on any atom is -0.470 e. The van der Waals surface area contributed by atoms with E-state index in [0.29, 0.717) is 6.42 Å². The fraction of sp³-hybridized carbons (Fsp3) is 0.550. The van der Waals surface area contributed by atoms with E-state index in [1.165, 1.54) is 25.3 Å². The molecule has 0 saturated carbocycles. The van der Waals surface area contributed by atoms with E-state index >= 15 is 0 Å². The van der Waals surface area contributed by atoms with Crippen LogP contribution in [0.2, 0.25) is 0 Å². The maximum atomic E-state index is 11.0. The summed E-state index contributed by atoms with van der Waals surface area (Å²) in [5, 5.41) is 30.5. The second-order valence-corrected chi connectivity index (χ2v) is 6.26. The Morgan fingerprint density at radius 3 is 1.64 bits per heavy atom. The van der Waals surface area contributed by atoms with Gasteiger partial charge in [0.05, 0.1) is 0 Å². The van der Waals surface area contributed by atoms with Gasteiger partial charge in [0.25, 0.3) is 0 Å². The SMILES string of the molecule is CCCCC/C=C\C/C=C\C/C=C\C/C=C\CCC(C(=O)O)([N+](=O)[O-])[N+](=O)[O-]. The number of hydrogen-bond donors (Lipinski definition) is 1. The van der Waals surface area contributed by atoms with E-state index in [9.17, 15) is 25.0 Å². The Morgan fingerprint density at radius 2 is 1.25 bits per heavy atom. The number of carboxylic acid groups (broad SMARTS) is 1. The van der Waals surface area contributed by atoms with Crippen molar-refractivity contribution in [3.63, 3.8) is 0 Å². The maximum Gasteiger partial charge on any atom is 0.552 e. The summed E-state index contributed by atoms with van der Waals surface area (Å²) in [6.07, 6.45) is 22.0. The Hall–Kier alpha value is -2.77. The monoisotopic (exact) mass is 394 g/mol. The van der Waals surface area contributed by atoms with E-state index in [1.54, 1.807) is 6.08 Å². The molecule has 28 heavy (non-hydrogen) atoms. The molecule has 0 amide bonds. The van der Waals surface area contributed by atoms with Crippen LogP contribution in [0.5, 0.6) is 0 Å². The lowest BCUT2D eigenvalue weighted by Crippen LogP contribution is -2.53. The molecule has 1 N–H and O–H groups in total. The summed E-state index contributed by atoms with van der Waals surface area (Å²) >= 11 is 0. The largest absolute Gasteiger partial charge is 0.552 e. The van der Waals surface area contributed by atoms with Gasteiger partial charge in [0.1, 0.15) is 16.3 Å². The highest BCUT2D eigenvalue weighted by Gasteiger charge is 2.64. The van der Waals surface area contributed by atoms with Gasteiger partial charge in [-0.15, -0.1) is 0 Å². The third-order valence-corrected chi connectivity index (χ3v) is 4.06. The third kappa shape index (κ3) is 9.80. The van der Waals surface area contributed by atoms with E-state index < -0.39 is 27.9 Å². The van der Waals surface area contributed by atoms with Crippen molar-refractivity contribution in [1.82, 2.24) is 0 Å². The molecular weight excluding hydrogens is 364 g/mol. The van der Waals surface area contributed by atoms with Crippen molar-refractivity contribution in [2.24, 2.45) is 0 Å². The van der Waals surface area contributed by atoms with Crippen molar-refractivity contribution in [2.45, 2.75) is 70.4 Å². The second kappa shape index (κ2) is 15.3. The van der Waals surface area contributed by atoms with Crippen LogP contribution < -0.4 is 0 Å². The van der Waals surface area contributed by atoms with Gasteiger partial charge in [0.15, 0.2) is 0 Å². The summed E-state index contributed by atoms with van der Waals surface area (Å²) in [4.78, 5) is 29.9. The summed E-state index contributed by atoms with van der Waals surface area (Å²) in [5.74, 6) is -2.06. The lowest BCUT2D eigenvalue weighted by Gasteiger charge is -2.11. The quantitative estimate of drug-likeness (QED) is 0.128. The van der Waals surface area contributed by atoms with Gasteiger partial charge in [0.2, 0.25) is 0 Å². The lowest BCUT2D eigenvalue weighted by molar-refractivity contribution is -0.778. The minimum absolute atomic E-state index is 0.0629. The summed E-state index contributed by atoms with van der Waals surface area (Å²) < 4.78 is 0. The van der Waals surface area contributed by atoms with E-state index in [4.69, 9.17) is 5.11 Å². The first-order chi connectivity index (χ1) is 13.4. The Kier molecular flexibility index (Phi) is 13.8. The number of rotatable bonds is 16. The predicted molar refractivity (Wildman–Crippen MR) is 108 cm³/mol. The number of nitrogens with zero attached hydrogens (tertiary/aromatic N) is 2. The first-order valence-corrected chi connectivity index (χ1v) is 9.52. The number of carbonyl (C=O) groups is 1. The average Bonchev–Trinajstić information content (AvgIpc) is 2.63. The van der Waals surface area contributed by atoms with Crippen molar-refractivity contribution < 1.29 is 19.7 Å². The van der Waals surface area contributed by atoms with Crippen molar-refractivity contribution in [2.75, 3.05) is 0 Å². The smallest absolute Gasteiger partial charge is 0.470 e. The summed E-state index contributed by atoms with van der Waals surface area (Å²) in [6.45, 7) is 2.19. The van der Waals surface area contributed by atoms with Gasteiger partial charge >= 0.3 is 11.6 Å². The molecule has 0 aliphatic heterocycles. The summed E-state index contributed by atoms with van der Waals surface area (Å²) in [5.41, 5.74) is -3.19. The van der Waals surface area contributed by atoms with Crippen LogP contribution in [-0.2, 0) is 4.79 Å². The highest BCUT2D eigenvalue weighted by molar-refractivity contribution is 5.74. The molecule has 8 heteroatoms. The molecule has 0 aromatic heterocycles. The molecule has 0 radical (unpaired) electrons. The number of allylic oxidation sites excluding steroid dienone is 8. The van der Waals surface area contributed by atoms with Crippen LogP contribution in [0, 0.1) is 20.2 Å². The van der Waals surface area contributed by atoms with E-state index in [1.807, 2.05) is 12.2 Å². The molecule has 0 unspecified atom stereocenters. The molecule has 0 aliphatic carbocycles. The third-order valence-electron chi connectivity index (χ3n) is 4.06. The molecule has 0 fully saturated rings. The maximum absolute atomic E-state index is 11.0. The molecule has 0 aromatic rings. The molecule has 0 rings (SSSR count). The lowest BCUT2D eigenvalue weighted by atomic mass is 10.1. The molecule has 0 saturated heterocycles.